The number of amides is 1. The van der Waals surface area contributed by atoms with E-state index >= 15 is 0 Å². The van der Waals surface area contributed by atoms with Crippen LogP contribution in [0.4, 0.5) is 5.69 Å². The van der Waals surface area contributed by atoms with Gasteiger partial charge in [0.2, 0.25) is 5.91 Å². The fourth-order valence-electron chi connectivity index (χ4n) is 7.38. The van der Waals surface area contributed by atoms with Gasteiger partial charge in [0, 0.05) is 37.9 Å². The van der Waals surface area contributed by atoms with Crippen molar-refractivity contribution < 1.29 is 54.9 Å². The Labute approximate surface area is 349 Å². The van der Waals surface area contributed by atoms with Crippen LogP contribution < -0.4 is 21.0 Å². The first-order valence-corrected chi connectivity index (χ1v) is 19.0. The predicted molar refractivity (Wildman–Crippen MR) is 219 cm³/mol. The van der Waals surface area contributed by atoms with Crippen molar-refractivity contribution in [1.82, 2.24) is 25.3 Å². The van der Waals surface area contributed by atoms with Gasteiger partial charge in [0.15, 0.2) is 0 Å². The van der Waals surface area contributed by atoms with Gasteiger partial charge in [-0.25, -0.2) is 9.97 Å². The largest absolute Gasteiger partial charge is 2.00 e. The quantitative estimate of drug-likeness (QED) is 0.0625. The zero-order valence-electron chi connectivity index (χ0n) is 32.8. The molecule has 3 aromatic heterocycles. The van der Waals surface area contributed by atoms with Gasteiger partial charge in [0.1, 0.15) is 0 Å². The summed E-state index contributed by atoms with van der Waals surface area (Å²) in [6.07, 6.45) is 1.60. The van der Waals surface area contributed by atoms with E-state index in [1.807, 2.05) is 76.2 Å². The molecule has 4 aromatic rings. The minimum absolute atomic E-state index is 0. The SMILES string of the molecule is CC1=C(CCC(=O)O)c2cc3[n-]c(cc4nc(cc5[n-]c(cc1n2)c(CCC(=O)O)c5C)C(CCC(=O)NCCc1ccc(N)cc1)=C4C)c(CCC(=O)O)c3C.[Pd+2]. The third-order valence-electron chi connectivity index (χ3n) is 10.7. The number of rotatable bonds is 15. The summed E-state index contributed by atoms with van der Waals surface area (Å²) in [6, 6.07) is 14.9. The van der Waals surface area contributed by atoms with Gasteiger partial charge < -0.3 is 36.3 Å². The van der Waals surface area contributed by atoms with Gasteiger partial charge in [0.25, 0.3) is 0 Å². The van der Waals surface area contributed by atoms with E-state index in [9.17, 15) is 34.5 Å². The Kier molecular flexibility index (Phi) is 13.9. The summed E-state index contributed by atoms with van der Waals surface area (Å²) >= 11 is 0. The van der Waals surface area contributed by atoms with Crippen molar-refractivity contribution in [2.45, 2.75) is 85.5 Å². The van der Waals surface area contributed by atoms with E-state index < -0.39 is 17.9 Å². The van der Waals surface area contributed by atoms with Crippen LogP contribution >= 0.6 is 0 Å². The number of aliphatic carboxylic acids is 3. The molecule has 5 heterocycles. The van der Waals surface area contributed by atoms with Crippen LogP contribution in [0.5, 0.6) is 0 Å². The molecule has 0 saturated carbocycles. The number of hydrogen-bond acceptors (Lipinski definition) is 7. The van der Waals surface area contributed by atoms with Crippen LogP contribution in [0, 0.1) is 13.8 Å². The zero-order chi connectivity index (χ0) is 41.0. The van der Waals surface area contributed by atoms with Crippen LogP contribution in [0.25, 0.3) is 44.4 Å². The average Bonchev–Trinajstić information content (AvgIpc) is 3.81. The second-order valence-electron chi connectivity index (χ2n) is 14.5. The number of hydrogen-bond donors (Lipinski definition) is 5. The molecule has 0 atom stereocenters. The molecule has 2 aliphatic heterocycles. The molecule has 0 aliphatic carbocycles. The first kappa shape index (κ1) is 43.3. The molecule has 0 saturated heterocycles. The summed E-state index contributed by atoms with van der Waals surface area (Å²) in [7, 11) is 0. The standard InChI is InChI=1S/C44H48N6O7.Pd/c1-23-29(9-13-41(51)46-18-17-27-5-7-28(45)8-6-27)37-19-34-24(2)30(10-14-42(52)53)39(48-34)21-36-26(4)32(12-16-44(56)57)40(50-36)22-35-25(3)31(11-15-43(54)55)38(49-35)20-33(23)47-37;/h5-8,19-22H,9-18,45H2,1-4H3,(H6,46,47,48,49,50,51,52,53,54,55,56,57);/q;+2/p-2. The molecule has 1 amide bonds. The second kappa shape index (κ2) is 18.6. The number of benzene rings is 1. The van der Waals surface area contributed by atoms with Gasteiger partial charge in [-0.15, -0.1) is 22.1 Å². The normalized spacial score (nSPS) is 12.4. The Morgan fingerprint density at radius 3 is 1.45 bits per heavy atom. The first-order chi connectivity index (χ1) is 27.2. The van der Waals surface area contributed by atoms with E-state index in [4.69, 9.17) is 25.7 Å². The summed E-state index contributed by atoms with van der Waals surface area (Å²) in [5.41, 5.74) is 18.5. The molecule has 6 rings (SSSR count). The van der Waals surface area contributed by atoms with Crippen molar-refractivity contribution >= 4 is 73.9 Å². The topological polar surface area (TPSA) is 221 Å². The van der Waals surface area contributed by atoms with Gasteiger partial charge in [0.05, 0.1) is 22.8 Å². The second-order valence-corrected chi connectivity index (χ2v) is 14.5. The van der Waals surface area contributed by atoms with Crippen molar-refractivity contribution in [3.05, 3.63) is 99.1 Å². The maximum Gasteiger partial charge on any atom is 2.00 e. The fraction of sp³-hybridized carbons (Fsp3) is 0.318. The molecule has 14 heteroatoms. The number of aromatic nitrogens is 4. The minimum Gasteiger partial charge on any atom is -0.657 e. The molecule has 0 radical (unpaired) electrons. The molecule has 8 bridgehead atoms. The minimum atomic E-state index is -0.948. The molecule has 304 valence electrons. The summed E-state index contributed by atoms with van der Waals surface area (Å²) in [4.78, 5) is 68.3. The molecule has 0 fully saturated rings. The van der Waals surface area contributed by atoms with Crippen molar-refractivity contribution in [3.63, 3.8) is 0 Å². The molecular formula is C44H46N6O7Pd. The number of carbonyl (C=O) groups excluding carboxylic acids is 1. The van der Waals surface area contributed by atoms with Gasteiger partial charge in [-0.3, -0.25) is 19.2 Å². The number of aryl methyl sites for hydroxylation is 4. The van der Waals surface area contributed by atoms with Crippen LogP contribution in [0.2, 0.25) is 0 Å². The number of anilines is 1. The molecule has 2 aliphatic rings. The summed E-state index contributed by atoms with van der Waals surface area (Å²) in [5.74, 6) is -2.94. The van der Waals surface area contributed by atoms with Crippen LogP contribution in [0.15, 0.2) is 48.5 Å². The molecular weight excluding hydrogens is 831 g/mol. The monoisotopic (exact) mass is 876 g/mol. The van der Waals surface area contributed by atoms with Crippen molar-refractivity contribution in [1.29, 1.82) is 0 Å². The molecule has 1 aromatic carbocycles. The van der Waals surface area contributed by atoms with Gasteiger partial charge in [-0.1, -0.05) is 58.7 Å². The van der Waals surface area contributed by atoms with Gasteiger partial charge in [-0.05, 0) is 99.8 Å². The summed E-state index contributed by atoms with van der Waals surface area (Å²) in [5, 5.41) is 31.8. The van der Waals surface area contributed by atoms with E-state index in [0.29, 0.717) is 69.9 Å². The number of nitrogen functional groups attached to an aromatic ring is 1. The summed E-state index contributed by atoms with van der Waals surface area (Å²) in [6.45, 7) is 8.06. The predicted octanol–water partition coefficient (Wildman–Crippen LogP) is 6.67. The molecule has 0 unspecified atom stereocenters. The number of nitrogens with two attached hydrogens (primary N) is 1. The third-order valence-corrected chi connectivity index (χ3v) is 10.7. The Balaban J connectivity index is 0.00000641. The number of fused-ring (bicyclic) bond motifs is 8. The van der Waals surface area contributed by atoms with E-state index in [1.54, 1.807) is 0 Å². The van der Waals surface area contributed by atoms with E-state index in [1.165, 1.54) is 0 Å². The van der Waals surface area contributed by atoms with E-state index in [-0.39, 0.29) is 71.3 Å². The third kappa shape index (κ3) is 9.99. The van der Waals surface area contributed by atoms with Gasteiger partial charge in [-0.2, -0.15) is 0 Å². The maximum absolute atomic E-state index is 13.1. The Morgan fingerprint density at radius 1 is 0.586 bits per heavy atom. The van der Waals surface area contributed by atoms with Crippen LogP contribution in [-0.2, 0) is 58.9 Å². The maximum atomic E-state index is 13.1. The smallest absolute Gasteiger partial charge is 0.657 e. The van der Waals surface area contributed by atoms with Crippen LogP contribution in [0.3, 0.4) is 0 Å². The van der Waals surface area contributed by atoms with E-state index in [2.05, 4.69) is 5.32 Å². The number of allylic oxidation sites excluding steroid dienone is 4. The first-order valence-electron chi connectivity index (χ1n) is 19.0. The number of nitrogens with one attached hydrogen (secondary N) is 1. The number of carboxylic acid groups (broad SMARTS) is 3. The van der Waals surface area contributed by atoms with Gasteiger partial charge >= 0.3 is 38.3 Å². The Bertz CT molecular complexity index is 2510. The fourth-order valence-corrected chi connectivity index (χ4v) is 7.38. The Morgan fingerprint density at radius 2 is 1.00 bits per heavy atom. The zero-order valence-corrected chi connectivity index (χ0v) is 34.4. The van der Waals surface area contributed by atoms with Crippen LogP contribution in [0.1, 0.15) is 103 Å². The molecule has 6 N–H and O–H groups in total. The van der Waals surface area contributed by atoms with Crippen molar-refractivity contribution in [3.8, 4) is 0 Å². The van der Waals surface area contributed by atoms with Crippen molar-refractivity contribution in [2.24, 2.45) is 0 Å². The molecule has 0 spiro atoms. The number of carbonyl (C=O) groups is 4. The van der Waals surface area contributed by atoms with Crippen molar-refractivity contribution in [2.75, 3.05) is 12.3 Å². The van der Waals surface area contributed by atoms with E-state index in [0.717, 1.165) is 50.1 Å². The number of carboxylic acids is 3. The Hall–Kier alpha value is -5.84. The van der Waals surface area contributed by atoms with Crippen LogP contribution in [-0.4, -0.2) is 55.6 Å². The summed E-state index contributed by atoms with van der Waals surface area (Å²) < 4.78 is 0. The molecule has 13 nitrogen and oxygen atoms in total. The number of nitrogens with zero attached hydrogens (tertiary/aromatic N) is 4. The molecule has 58 heavy (non-hydrogen) atoms. The average molecular weight is 877 g/mol.